The first kappa shape index (κ1) is 13.6. The van der Waals surface area contributed by atoms with E-state index in [4.69, 9.17) is 4.74 Å². The molecule has 0 bridgehead atoms. The number of piperazine rings is 1. The first-order valence-corrected chi connectivity index (χ1v) is 7.31. The molecule has 18 heavy (non-hydrogen) atoms. The highest BCUT2D eigenvalue weighted by molar-refractivity contribution is 7.98. The van der Waals surface area contributed by atoms with Crippen LogP contribution >= 0.6 is 11.8 Å². The van der Waals surface area contributed by atoms with Crippen molar-refractivity contribution in [1.29, 1.82) is 0 Å². The molecule has 1 N–H and O–H groups in total. The number of hydrogen-bond acceptors (Lipinski definition) is 4. The molecule has 1 heterocycles. The van der Waals surface area contributed by atoms with Crippen LogP contribution in [0.4, 0.5) is 4.39 Å². The lowest BCUT2D eigenvalue weighted by Crippen LogP contribution is -2.43. The van der Waals surface area contributed by atoms with E-state index in [-0.39, 0.29) is 5.82 Å². The summed E-state index contributed by atoms with van der Waals surface area (Å²) in [6.45, 7) is 4.57. The molecule has 1 aliphatic heterocycles. The maximum Gasteiger partial charge on any atom is 0.144 e. The van der Waals surface area contributed by atoms with E-state index in [0.29, 0.717) is 17.2 Å². The lowest BCUT2D eigenvalue weighted by atomic mass is 10.1. The summed E-state index contributed by atoms with van der Waals surface area (Å²) in [7, 11) is 1.57. The first-order chi connectivity index (χ1) is 8.76. The fourth-order valence-corrected chi connectivity index (χ4v) is 2.83. The smallest absolute Gasteiger partial charge is 0.144 e. The summed E-state index contributed by atoms with van der Waals surface area (Å²) in [5.41, 5.74) is 0.752. The van der Waals surface area contributed by atoms with Crippen LogP contribution in [-0.4, -0.2) is 44.4 Å². The van der Waals surface area contributed by atoms with E-state index < -0.39 is 0 Å². The molecule has 1 aromatic carbocycles. The van der Waals surface area contributed by atoms with Crippen molar-refractivity contribution >= 4 is 11.8 Å². The Balaban J connectivity index is 2.17. The van der Waals surface area contributed by atoms with Gasteiger partial charge in [-0.15, -0.1) is 11.8 Å². The predicted octanol–water partition coefficient (Wildman–Crippen LogP) is 1.96. The highest BCUT2D eigenvalue weighted by atomic mass is 32.2. The minimum absolute atomic E-state index is 0.139. The van der Waals surface area contributed by atoms with Gasteiger partial charge in [0.15, 0.2) is 0 Å². The van der Waals surface area contributed by atoms with Gasteiger partial charge in [-0.2, -0.15) is 0 Å². The molecule has 0 atom stereocenters. The zero-order chi connectivity index (χ0) is 13.0. The Labute approximate surface area is 112 Å². The minimum Gasteiger partial charge on any atom is -0.495 e. The van der Waals surface area contributed by atoms with Crippen LogP contribution in [0.25, 0.3) is 0 Å². The van der Waals surface area contributed by atoms with Gasteiger partial charge in [0, 0.05) is 38.3 Å². The van der Waals surface area contributed by atoms with Crippen LogP contribution < -0.4 is 10.1 Å². The van der Waals surface area contributed by atoms with Crippen LogP contribution in [0.15, 0.2) is 17.0 Å². The predicted molar refractivity (Wildman–Crippen MR) is 72.9 cm³/mol. The number of nitrogens with one attached hydrogen (secondary N) is 1. The van der Waals surface area contributed by atoms with Gasteiger partial charge in [-0.1, -0.05) is 6.07 Å². The van der Waals surface area contributed by atoms with Gasteiger partial charge in [0.1, 0.15) is 11.6 Å². The van der Waals surface area contributed by atoms with Gasteiger partial charge < -0.3 is 10.1 Å². The van der Waals surface area contributed by atoms with Crippen LogP contribution in [0.5, 0.6) is 5.75 Å². The van der Waals surface area contributed by atoms with E-state index >= 15 is 0 Å². The van der Waals surface area contributed by atoms with Crippen LogP contribution in [0.3, 0.4) is 0 Å². The molecule has 2 rings (SSSR count). The second kappa shape index (κ2) is 6.41. The SMILES string of the molecule is COc1ccc(CN2CCNCC2)c(F)c1SC. The lowest BCUT2D eigenvalue weighted by molar-refractivity contribution is 0.229. The van der Waals surface area contributed by atoms with E-state index in [9.17, 15) is 4.39 Å². The molecule has 3 nitrogen and oxygen atoms in total. The molecule has 0 unspecified atom stereocenters. The number of ether oxygens (including phenoxy) is 1. The number of hydrogen-bond donors (Lipinski definition) is 1. The maximum atomic E-state index is 14.3. The Morgan fingerprint density at radius 1 is 1.39 bits per heavy atom. The number of halogens is 1. The summed E-state index contributed by atoms with van der Waals surface area (Å²) in [5.74, 6) is 0.476. The largest absolute Gasteiger partial charge is 0.495 e. The molecule has 5 heteroatoms. The number of rotatable bonds is 4. The van der Waals surface area contributed by atoms with Crippen LogP contribution in [-0.2, 0) is 6.54 Å². The van der Waals surface area contributed by atoms with Crippen molar-refractivity contribution in [3.05, 3.63) is 23.5 Å². The zero-order valence-electron chi connectivity index (χ0n) is 10.8. The number of methoxy groups -OCH3 is 1. The lowest BCUT2D eigenvalue weighted by Gasteiger charge is -2.27. The maximum absolute atomic E-state index is 14.3. The zero-order valence-corrected chi connectivity index (χ0v) is 11.6. The Bertz CT molecular complexity index is 408. The molecule has 100 valence electrons. The first-order valence-electron chi connectivity index (χ1n) is 6.08. The van der Waals surface area contributed by atoms with Crippen LogP contribution in [0.2, 0.25) is 0 Å². The summed E-state index contributed by atoms with van der Waals surface area (Å²) >= 11 is 1.39. The molecule has 1 aromatic rings. The molecule has 1 fully saturated rings. The van der Waals surface area contributed by atoms with Gasteiger partial charge in [-0.3, -0.25) is 4.90 Å². The van der Waals surface area contributed by atoms with Gasteiger partial charge in [0.05, 0.1) is 12.0 Å². The highest BCUT2D eigenvalue weighted by Gasteiger charge is 2.16. The minimum atomic E-state index is -0.139. The summed E-state index contributed by atoms with van der Waals surface area (Å²) in [5, 5.41) is 3.30. The molecule has 0 aliphatic carbocycles. The number of benzene rings is 1. The molecule has 0 radical (unpaired) electrons. The van der Waals surface area contributed by atoms with Crippen LogP contribution in [0, 0.1) is 5.82 Å². The Hall–Kier alpha value is -0.780. The molecule has 0 aromatic heterocycles. The molecule has 0 amide bonds. The standard InChI is InChI=1S/C13H19FN2OS/c1-17-11-4-3-10(12(14)13(11)18-2)9-16-7-5-15-6-8-16/h3-4,15H,5-9H2,1-2H3. The topological polar surface area (TPSA) is 24.5 Å². The summed E-state index contributed by atoms with van der Waals surface area (Å²) in [6.07, 6.45) is 1.87. The molecular formula is C13H19FN2OS. The summed E-state index contributed by atoms with van der Waals surface area (Å²) in [4.78, 5) is 2.87. The van der Waals surface area contributed by atoms with Gasteiger partial charge in [0.25, 0.3) is 0 Å². The van der Waals surface area contributed by atoms with Crippen molar-refractivity contribution < 1.29 is 9.13 Å². The average Bonchev–Trinajstić information content (AvgIpc) is 2.42. The van der Waals surface area contributed by atoms with Crippen molar-refractivity contribution in [2.24, 2.45) is 0 Å². The highest BCUT2D eigenvalue weighted by Crippen LogP contribution is 2.32. The third-order valence-corrected chi connectivity index (χ3v) is 3.96. The fraction of sp³-hybridized carbons (Fsp3) is 0.538. The number of nitrogens with zero attached hydrogens (tertiary/aromatic N) is 1. The average molecular weight is 270 g/mol. The molecule has 0 saturated carbocycles. The van der Waals surface area contributed by atoms with E-state index in [1.807, 2.05) is 18.4 Å². The van der Waals surface area contributed by atoms with Crippen molar-refractivity contribution in [3.8, 4) is 5.75 Å². The second-order valence-corrected chi connectivity index (χ2v) is 5.12. The molecule has 0 spiro atoms. The van der Waals surface area contributed by atoms with Gasteiger partial charge in [-0.25, -0.2) is 4.39 Å². The third-order valence-electron chi connectivity index (χ3n) is 3.17. The normalized spacial score (nSPS) is 16.8. The quantitative estimate of drug-likeness (QED) is 0.845. The summed E-state index contributed by atoms with van der Waals surface area (Å²) < 4.78 is 19.5. The van der Waals surface area contributed by atoms with Crippen LogP contribution in [0.1, 0.15) is 5.56 Å². The van der Waals surface area contributed by atoms with Gasteiger partial charge in [0.2, 0.25) is 0 Å². The Kier molecular flexibility index (Phi) is 4.86. The van der Waals surface area contributed by atoms with E-state index in [1.165, 1.54) is 11.8 Å². The third kappa shape index (κ3) is 2.96. The molecule has 1 aliphatic rings. The molecular weight excluding hydrogens is 251 g/mol. The monoisotopic (exact) mass is 270 g/mol. The van der Waals surface area contributed by atoms with E-state index in [1.54, 1.807) is 7.11 Å². The van der Waals surface area contributed by atoms with Gasteiger partial charge in [-0.05, 0) is 12.3 Å². The van der Waals surface area contributed by atoms with Crippen molar-refractivity contribution in [3.63, 3.8) is 0 Å². The number of thioether (sulfide) groups is 1. The van der Waals surface area contributed by atoms with E-state index in [0.717, 1.165) is 31.7 Å². The van der Waals surface area contributed by atoms with Gasteiger partial charge >= 0.3 is 0 Å². The fourth-order valence-electron chi connectivity index (χ4n) is 2.16. The molecule has 1 saturated heterocycles. The summed E-state index contributed by atoms with van der Waals surface area (Å²) in [6, 6.07) is 3.68. The van der Waals surface area contributed by atoms with Crippen molar-refractivity contribution in [2.75, 3.05) is 39.5 Å². The second-order valence-electron chi connectivity index (χ2n) is 4.30. The Morgan fingerprint density at radius 3 is 2.72 bits per heavy atom. The van der Waals surface area contributed by atoms with E-state index in [2.05, 4.69) is 10.2 Å². The van der Waals surface area contributed by atoms with Crippen molar-refractivity contribution in [1.82, 2.24) is 10.2 Å². The van der Waals surface area contributed by atoms with Crippen molar-refractivity contribution in [2.45, 2.75) is 11.4 Å². The Morgan fingerprint density at radius 2 is 2.11 bits per heavy atom.